The van der Waals surface area contributed by atoms with Gasteiger partial charge < -0.3 is 18.6 Å². The van der Waals surface area contributed by atoms with Crippen molar-refractivity contribution in [3.05, 3.63) is 64.0 Å². The van der Waals surface area contributed by atoms with Gasteiger partial charge in [0, 0.05) is 6.07 Å². The maximum absolute atomic E-state index is 12.7. The Morgan fingerprint density at radius 2 is 1.90 bits per heavy atom. The Labute approximate surface area is 172 Å². The summed E-state index contributed by atoms with van der Waals surface area (Å²) in [6.07, 6.45) is 0.965. The van der Waals surface area contributed by atoms with Crippen molar-refractivity contribution in [2.24, 2.45) is 0 Å². The van der Waals surface area contributed by atoms with E-state index in [1.54, 1.807) is 49.4 Å². The predicted molar refractivity (Wildman–Crippen MR) is 110 cm³/mol. The summed E-state index contributed by atoms with van der Waals surface area (Å²) in [6, 6.07) is 11.5. The second-order valence-electron chi connectivity index (χ2n) is 6.54. The molecule has 0 aliphatic rings. The first kappa shape index (κ1) is 20.7. The number of carbonyl (C=O) groups excluding carboxylic acids is 1. The molecule has 0 spiro atoms. The molecular formula is C22H21ClO6. The molecule has 0 amide bonds. The monoisotopic (exact) mass is 416 g/mol. The molecule has 0 unspecified atom stereocenters. The van der Waals surface area contributed by atoms with Gasteiger partial charge in [0.15, 0.2) is 6.10 Å². The van der Waals surface area contributed by atoms with Crippen molar-refractivity contribution in [2.75, 3.05) is 0 Å². The average molecular weight is 417 g/mol. The minimum Gasteiger partial charge on any atom is -0.479 e. The quantitative estimate of drug-likeness (QED) is 0.483. The maximum Gasteiger partial charge on any atom is 0.347 e. The van der Waals surface area contributed by atoms with E-state index in [9.17, 15) is 9.59 Å². The first-order valence-electron chi connectivity index (χ1n) is 9.24. The molecule has 1 heterocycles. The minimum atomic E-state index is -0.795. The molecule has 0 saturated carbocycles. The molecule has 3 aromatic rings. The van der Waals surface area contributed by atoms with Crippen LogP contribution < -0.4 is 14.9 Å². The lowest BCUT2D eigenvalue weighted by molar-refractivity contribution is -0.155. The van der Waals surface area contributed by atoms with Crippen LogP contribution in [0.2, 0.25) is 5.02 Å². The number of halogens is 1. The smallest absolute Gasteiger partial charge is 0.347 e. The molecule has 0 aliphatic carbocycles. The Morgan fingerprint density at radius 3 is 2.62 bits per heavy atom. The van der Waals surface area contributed by atoms with Crippen LogP contribution in [-0.2, 0) is 9.53 Å². The van der Waals surface area contributed by atoms with E-state index in [0.29, 0.717) is 27.5 Å². The topological polar surface area (TPSA) is 75.0 Å². The van der Waals surface area contributed by atoms with Crippen LogP contribution in [0.5, 0.6) is 17.2 Å². The fraction of sp³-hybridized carbons (Fsp3) is 0.273. The zero-order valence-electron chi connectivity index (χ0n) is 16.3. The van der Waals surface area contributed by atoms with Crippen molar-refractivity contribution in [1.82, 2.24) is 0 Å². The van der Waals surface area contributed by atoms with E-state index < -0.39 is 12.1 Å². The van der Waals surface area contributed by atoms with Crippen LogP contribution in [0.25, 0.3) is 11.0 Å². The fourth-order valence-electron chi connectivity index (χ4n) is 2.51. The molecule has 0 saturated heterocycles. The average Bonchev–Trinajstić information content (AvgIpc) is 2.71. The molecule has 29 heavy (non-hydrogen) atoms. The van der Waals surface area contributed by atoms with Gasteiger partial charge in [-0.1, -0.05) is 30.7 Å². The highest BCUT2D eigenvalue weighted by Crippen LogP contribution is 2.29. The molecule has 0 radical (unpaired) electrons. The molecular weight excluding hydrogens is 396 g/mol. The fourth-order valence-corrected chi connectivity index (χ4v) is 2.68. The van der Waals surface area contributed by atoms with Gasteiger partial charge >= 0.3 is 5.97 Å². The van der Waals surface area contributed by atoms with Gasteiger partial charge in [-0.25, -0.2) is 4.79 Å². The largest absolute Gasteiger partial charge is 0.479 e. The normalized spacial score (nSPS) is 13.0. The van der Waals surface area contributed by atoms with Crippen molar-refractivity contribution < 1.29 is 23.4 Å². The third-order valence-corrected chi connectivity index (χ3v) is 4.62. The van der Waals surface area contributed by atoms with E-state index in [1.807, 2.05) is 13.8 Å². The second-order valence-corrected chi connectivity index (χ2v) is 6.94. The van der Waals surface area contributed by atoms with Crippen molar-refractivity contribution in [3.8, 4) is 17.2 Å². The molecule has 0 N–H and O–H groups in total. The van der Waals surface area contributed by atoms with Crippen LogP contribution >= 0.6 is 11.6 Å². The number of fused-ring (bicyclic) bond motifs is 1. The zero-order chi connectivity index (χ0) is 21.0. The van der Waals surface area contributed by atoms with Gasteiger partial charge in [-0.15, -0.1) is 0 Å². The minimum absolute atomic E-state index is 0.0183. The summed E-state index contributed by atoms with van der Waals surface area (Å²) in [5, 5.41) is 0.700. The van der Waals surface area contributed by atoms with Crippen molar-refractivity contribution >= 4 is 28.5 Å². The van der Waals surface area contributed by atoms with Crippen molar-refractivity contribution in [3.63, 3.8) is 0 Å². The van der Waals surface area contributed by atoms with Crippen LogP contribution in [0, 0.1) is 0 Å². The molecule has 0 bridgehead atoms. The summed E-state index contributed by atoms with van der Waals surface area (Å²) in [7, 11) is 0. The van der Waals surface area contributed by atoms with Crippen LogP contribution in [0.4, 0.5) is 0 Å². The van der Waals surface area contributed by atoms with Gasteiger partial charge in [0.25, 0.3) is 0 Å². The number of esters is 1. The molecule has 3 rings (SSSR count). The molecule has 7 heteroatoms. The van der Waals surface area contributed by atoms with Gasteiger partial charge in [-0.05, 0) is 44.5 Å². The standard InChI is InChI=1S/C22H21ClO6/c1-4-13(2)27-22(25)14(3)28-15-9-10-16-19(11-15)26-12-20(21(16)24)29-18-8-6-5-7-17(18)23/h5-14H,4H2,1-3H3/t13-,14+/m0/s1. The first-order chi connectivity index (χ1) is 13.9. The molecule has 152 valence electrons. The summed E-state index contributed by atoms with van der Waals surface area (Å²) in [5.74, 6) is 0.303. The van der Waals surface area contributed by atoms with Gasteiger partial charge in [0.2, 0.25) is 11.2 Å². The Bertz CT molecular complexity index is 1070. The van der Waals surface area contributed by atoms with Gasteiger partial charge in [0.1, 0.15) is 23.3 Å². The maximum atomic E-state index is 12.7. The van der Waals surface area contributed by atoms with E-state index in [0.717, 1.165) is 6.42 Å². The van der Waals surface area contributed by atoms with Crippen LogP contribution in [0.1, 0.15) is 27.2 Å². The Morgan fingerprint density at radius 1 is 1.14 bits per heavy atom. The van der Waals surface area contributed by atoms with Gasteiger partial charge in [-0.2, -0.15) is 0 Å². The van der Waals surface area contributed by atoms with Crippen LogP contribution in [0.3, 0.4) is 0 Å². The van der Waals surface area contributed by atoms with E-state index in [4.69, 9.17) is 30.2 Å². The Hall–Kier alpha value is -2.99. The Balaban J connectivity index is 1.80. The lowest BCUT2D eigenvalue weighted by Crippen LogP contribution is -2.29. The van der Waals surface area contributed by atoms with Crippen molar-refractivity contribution in [1.29, 1.82) is 0 Å². The molecule has 2 aromatic carbocycles. The van der Waals surface area contributed by atoms with E-state index in [2.05, 4.69) is 0 Å². The van der Waals surface area contributed by atoms with Crippen molar-refractivity contribution in [2.45, 2.75) is 39.4 Å². The number of hydrogen-bond donors (Lipinski definition) is 0. The molecule has 0 aliphatic heterocycles. The number of carbonyl (C=O) groups is 1. The van der Waals surface area contributed by atoms with Gasteiger partial charge in [0.05, 0.1) is 16.5 Å². The number of benzene rings is 2. The predicted octanol–water partition coefficient (Wildman–Crippen LogP) is 5.35. The second kappa shape index (κ2) is 9.01. The highest BCUT2D eigenvalue weighted by Gasteiger charge is 2.19. The summed E-state index contributed by atoms with van der Waals surface area (Å²) < 4.78 is 22.0. The van der Waals surface area contributed by atoms with Crippen LogP contribution in [0.15, 0.2) is 57.9 Å². The first-order valence-corrected chi connectivity index (χ1v) is 9.62. The lowest BCUT2D eigenvalue weighted by atomic mass is 10.2. The SMILES string of the molecule is CC[C@H](C)OC(=O)[C@@H](C)Oc1ccc2c(=O)c(Oc3ccccc3Cl)coc2c1. The molecule has 2 atom stereocenters. The zero-order valence-corrected chi connectivity index (χ0v) is 17.1. The summed E-state index contributed by atoms with van der Waals surface area (Å²) in [6.45, 7) is 5.35. The highest BCUT2D eigenvalue weighted by molar-refractivity contribution is 6.32. The molecule has 6 nitrogen and oxygen atoms in total. The summed E-state index contributed by atoms with van der Waals surface area (Å²) in [5.41, 5.74) is -0.0385. The van der Waals surface area contributed by atoms with Crippen LogP contribution in [-0.4, -0.2) is 18.2 Å². The lowest BCUT2D eigenvalue weighted by Gasteiger charge is -2.17. The summed E-state index contributed by atoms with van der Waals surface area (Å²) >= 11 is 6.07. The van der Waals surface area contributed by atoms with E-state index in [-0.39, 0.29) is 17.3 Å². The number of hydrogen-bond acceptors (Lipinski definition) is 6. The summed E-state index contributed by atoms with van der Waals surface area (Å²) in [4.78, 5) is 24.7. The molecule has 1 aromatic heterocycles. The third kappa shape index (κ3) is 4.90. The number of rotatable bonds is 7. The third-order valence-electron chi connectivity index (χ3n) is 4.31. The van der Waals surface area contributed by atoms with E-state index in [1.165, 1.54) is 6.26 Å². The number of para-hydroxylation sites is 1. The number of ether oxygens (including phenoxy) is 3. The highest BCUT2D eigenvalue weighted by atomic mass is 35.5. The van der Waals surface area contributed by atoms with Gasteiger partial charge in [-0.3, -0.25) is 4.79 Å². The molecule has 0 fully saturated rings. The van der Waals surface area contributed by atoms with E-state index >= 15 is 0 Å². The Kier molecular flexibility index (Phi) is 6.44.